The number of nitrogens with zero attached hydrogens (tertiary/aromatic N) is 1. The van der Waals surface area contributed by atoms with Gasteiger partial charge in [0.15, 0.2) is 5.96 Å². The zero-order valence-electron chi connectivity index (χ0n) is 16.4. The molecule has 4 nitrogen and oxygen atoms in total. The highest BCUT2D eigenvalue weighted by Crippen LogP contribution is 2.40. The van der Waals surface area contributed by atoms with E-state index < -0.39 is 10.8 Å². The van der Waals surface area contributed by atoms with Crippen LogP contribution in [0.3, 0.4) is 0 Å². The molecule has 2 aromatic carbocycles. The van der Waals surface area contributed by atoms with Crippen LogP contribution in [0.5, 0.6) is 0 Å². The van der Waals surface area contributed by atoms with Crippen molar-refractivity contribution in [1.82, 2.24) is 10.6 Å². The molecule has 1 aliphatic rings. The maximum Gasteiger partial charge on any atom is 0.191 e. The zero-order valence-corrected chi connectivity index (χ0v) is 19.5. The number of benzene rings is 2. The molecular weight excluding hydrogens is 481 g/mol. The molecule has 0 bridgehead atoms. The Morgan fingerprint density at radius 1 is 1.00 bits per heavy atom. The number of aliphatic imine (C=N–C) groups is 1. The maximum absolute atomic E-state index is 12.3. The summed E-state index contributed by atoms with van der Waals surface area (Å²) in [7, 11) is 0.794. The molecule has 28 heavy (non-hydrogen) atoms. The molecule has 6 heteroatoms. The second-order valence-corrected chi connectivity index (χ2v) is 8.64. The lowest BCUT2D eigenvalue weighted by Crippen LogP contribution is -2.45. The van der Waals surface area contributed by atoms with Gasteiger partial charge in [0, 0.05) is 36.2 Å². The van der Waals surface area contributed by atoms with Crippen LogP contribution in [0.25, 0.3) is 0 Å². The lowest BCUT2D eigenvalue weighted by atomic mass is 9.79. The van der Waals surface area contributed by atoms with Crippen LogP contribution in [0.2, 0.25) is 0 Å². The van der Waals surface area contributed by atoms with Crippen molar-refractivity contribution >= 4 is 40.7 Å². The van der Waals surface area contributed by atoms with E-state index in [4.69, 9.17) is 0 Å². The molecule has 152 valence electrons. The average molecular weight is 511 g/mol. The van der Waals surface area contributed by atoms with Gasteiger partial charge < -0.3 is 10.6 Å². The number of rotatable bonds is 7. The molecular formula is C22H30IN3OS. The van der Waals surface area contributed by atoms with Crippen LogP contribution in [0.1, 0.15) is 31.2 Å². The third kappa shape index (κ3) is 6.04. The van der Waals surface area contributed by atoms with E-state index >= 15 is 0 Å². The van der Waals surface area contributed by atoms with E-state index in [0.29, 0.717) is 12.3 Å². The molecule has 2 N–H and O–H groups in total. The summed E-state index contributed by atoms with van der Waals surface area (Å²) in [5.41, 5.74) is 1.60. The topological polar surface area (TPSA) is 53.5 Å². The minimum atomic E-state index is -0.991. The molecule has 1 atom stereocenters. The summed E-state index contributed by atoms with van der Waals surface area (Å²) in [6.45, 7) is 1.50. The Balaban J connectivity index is 0.00000280. The number of nitrogens with one attached hydrogen (secondary N) is 2. The number of halogens is 1. The van der Waals surface area contributed by atoms with Gasteiger partial charge in [-0.25, -0.2) is 0 Å². The van der Waals surface area contributed by atoms with Crippen molar-refractivity contribution in [1.29, 1.82) is 0 Å². The van der Waals surface area contributed by atoms with Gasteiger partial charge in [-0.05, 0) is 30.5 Å². The Morgan fingerprint density at radius 2 is 1.61 bits per heavy atom. The minimum Gasteiger partial charge on any atom is -0.356 e. The summed E-state index contributed by atoms with van der Waals surface area (Å²) in [6, 6.07) is 20.4. The van der Waals surface area contributed by atoms with Crippen molar-refractivity contribution in [2.24, 2.45) is 4.99 Å². The van der Waals surface area contributed by atoms with Gasteiger partial charge in [-0.1, -0.05) is 61.4 Å². The van der Waals surface area contributed by atoms with Crippen LogP contribution in [0.4, 0.5) is 0 Å². The van der Waals surface area contributed by atoms with Crippen LogP contribution >= 0.6 is 24.0 Å². The Hall–Kier alpha value is -1.41. The van der Waals surface area contributed by atoms with Gasteiger partial charge >= 0.3 is 0 Å². The standard InChI is InChI=1S/C22H29N3OS.HI/c1-23-21(24-16-17-27(26)20-12-6-3-7-13-20)25-18-22(14-8-9-15-22)19-10-4-2-5-11-19;/h2-7,10-13H,8-9,14-18H2,1H3,(H2,23,24,25);1H. The first-order chi connectivity index (χ1) is 13.2. The Kier molecular flexibility index (Phi) is 9.44. The smallest absolute Gasteiger partial charge is 0.191 e. The molecule has 0 heterocycles. The van der Waals surface area contributed by atoms with Gasteiger partial charge in [0.05, 0.1) is 10.8 Å². The van der Waals surface area contributed by atoms with Crippen molar-refractivity contribution in [2.45, 2.75) is 36.0 Å². The van der Waals surface area contributed by atoms with E-state index in [1.807, 2.05) is 30.3 Å². The Bertz CT molecular complexity index is 762. The molecule has 0 spiro atoms. The number of hydrogen-bond acceptors (Lipinski definition) is 2. The van der Waals surface area contributed by atoms with Gasteiger partial charge in [-0.2, -0.15) is 0 Å². The fourth-order valence-electron chi connectivity index (χ4n) is 3.84. The molecule has 0 aliphatic heterocycles. The Labute approximate surface area is 188 Å². The SMILES string of the molecule is CN=C(NCCS(=O)c1ccccc1)NCC1(c2ccccc2)CCCC1.I. The van der Waals surface area contributed by atoms with Crippen LogP contribution in [0.15, 0.2) is 70.6 Å². The van der Waals surface area contributed by atoms with E-state index in [2.05, 4.69) is 46.0 Å². The second-order valence-electron chi connectivity index (χ2n) is 7.07. The first-order valence-corrected chi connectivity index (χ1v) is 11.0. The van der Waals surface area contributed by atoms with Crippen molar-refractivity contribution < 1.29 is 4.21 Å². The van der Waals surface area contributed by atoms with Gasteiger partial charge in [0.2, 0.25) is 0 Å². The maximum atomic E-state index is 12.3. The molecule has 0 amide bonds. The van der Waals surface area contributed by atoms with Crippen molar-refractivity contribution in [3.63, 3.8) is 0 Å². The molecule has 2 aromatic rings. The highest BCUT2D eigenvalue weighted by molar-refractivity contribution is 14.0. The largest absolute Gasteiger partial charge is 0.356 e. The van der Waals surface area contributed by atoms with E-state index in [0.717, 1.165) is 17.4 Å². The van der Waals surface area contributed by atoms with Crippen molar-refractivity contribution in [2.75, 3.05) is 25.9 Å². The molecule has 3 rings (SSSR count). The van der Waals surface area contributed by atoms with E-state index in [1.54, 1.807) is 7.05 Å². The van der Waals surface area contributed by atoms with Gasteiger partial charge in [-0.15, -0.1) is 24.0 Å². The minimum absolute atomic E-state index is 0. The van der Waals surface area contributed by atoms with Crippen molar-refractivity contribution in [3.8, 4) is 0 Å². The first-order valence-electron chi connectivity index (χ1n) is 9.67. The van der Waals surface area contributed by atoms with Crippen molar-refractivity contribution in [3.05, 3.63) is 66.2 Å². The third-order valence-corrected chi connectivity index (χ3v) is 6.72. The molecule has 1 fully saturated rings. The van der Waals surface area contributed by atoms with Crippen LogP contribution < -0.4 is 10.6 Å². The highest BCUT2D eigenvalue weighted by Gasteiger charge is 2.35. The lowest BCUT2D eigenvalue weighted by molar-refractivity contribution is 0.432. The molecule has 1 unspecified atom stereocenters. The molecule has 1 saturated carbocycles. The van der Waals surface area contributed by atoms with Crippen LogP contribution in [-0.4, -0.2) is 36.1 Å². The second kappa shape index (κ2) is 11.6. The molecule has 1 aliphatic carbocycles. The predicted molar refractivity (Wildman–Crippen MR) is 129 cm³/mol. The average Bonchev–Trinajstić information content (AvgIpc) is 3.22. The van der Waals surface area contributed by atoms with Gasteiger partial charge in [0.25, 0.3) is 0 Å². The summed E-state index contributed by atoms with van der Waals surface area (Å²) >= 11 is 0. The molecule has 0 radical (unpaired) electrons. The molecule has 0 saturated heterocycles. The fourth-order valence-corrected chi connectivity index (χ4v) is 4.82. The van der Waals surface area contributed by atoms with E-state index in [9.17, 15) is 4.21 Å². The van der Waals surface area contributed by atoms with Crippen LogP contribution in [0, 0.1) is 0 Å². The van der Waals surface area contributed by atoms with Gasteiger partial charge in [-0.3, -0.25) is 9.20 Å². The summed E-state index contributed by atoms with van der Waals surface area (Å²) in [5, 5.41) is 6.81. The van der Waals surface area contributed by atoms with Crippen LogP contribution in [-0.2, 0) is 16.2 Å². The zero-order chi connectivity index (χ0) is 19.0. The number of hydrogen-bond donors (Lipinski definition) is 2. The number of guanidine groups is 1. The van der Waals surface area contributed by atoms with Gasteiger partial charge in [0.1, 0.15) is 0 Å². The fraction of sp³-hybridized carbons (Fsp3) is 0.409. The third-order valence-electron chi connectivity index (χ3n) is 5.35. The summed E-state index contributed by atoms with van der Waals surface area (Å²) < 4.78 is 12.3. The summed E-state index contributed by atoms with van der Waals surface area (Å²) in [5.74, 6) is 1.34. The Morgan fingerprint density at radius 3 is 2.21 bits per heavy atom. The first kappa shape index (κ1) is 22.9. The monoisotopic (exact) mass is 511 g/mol. The molecule has 0 aromatic heterocycles. The lowest BCUT2D eigenvalue weighted by Gasteiger charge is -2.30. The van der Waals surface area contributed by atoms with E-state index in [-0.39, 0.29) is 29.4 Å². The normalized spacial score (nSPS) is 16.8. The highest BCUT2D eigenvalue weighted by atomic mass is 127. The quantitative estimate of drug-likeness (QED) is 0.335. The predicted octanol–water partition coefficient (Wildman–Crippen LogP) is 4.09. The summed E-state index contributed by atoms with van der Waals surface area (Å²) in [6.07, 6.45) is 4.97. The summed E-state index contributed by atoms with van der Waals surface area (Å²) in [4.78, 5) is 5.21. The van der Waals surface area contributed by atoms with E-state index in [1.165, 1.54) is 31.2 Å².